The highest BCUT2D eigenvalue weighted by Crippen LogP contribution is 2.38. The van der Waals surface area contributed by atoms with Crippen LogP contribution in [0.3, 0.4) is 0 Å². The molecule has 0 saturated carbocycles. The molecule has 1 aliphatic rings. The minimum atomic E-state index is -1.09. The smallest absolute Gasteiger partial charge is 0.306 e. The number of carboxylic acids is 1. The van der Waals surface area contributed by atoms with Crippen LogP contribution in [0.25, 0.3) is 0 Å². The fourth-order valence-electron chi connectivity index (χ4n) is 2.98. The molecule has 0 aliphatic carbocycles. The number of nitrogens with one attached hydrogen (secondary N) is 1. The van der Waals surface area contributed by atoms with Crippen LogP contribution in [-0.2, 0) is 14.3 Å². The number of aryl methyl sites for hydroxylation is 1. The number of hydrogen-bond acceptors (Lipinski definition) is 3. The van der Waals surface area contributed by atoms with Gasteiger partial charge in [0.15, 0.2) is 0 Å². The molecule has 3 rings (SSSR count). The number of carbonyl (C=O) groups excluding carboxylic acids is 1. The third-order valence-electron chi connectivity index (χ3n) is 4.44. The van der Waals surface area contributed by atoms with E-state index in [2.05, 4.69) is 5.32 Å². The standard InChI is InChI=1S/C19H18ClNO4/c1-10-4-3-5-13(11(10)2)18-14-8-12(20)6-7-15(14)21-19(24)16(25-18)9-17(22)23/h3-8,16,18H,9H2,1-2H3,(H,21,24)(H,22,23)/t16-,18-/m1/s1. The maximum absolute atomic E-state index is 12.4. The van der Waals surface area contributed by atoms with E-state index in [1.54, 1.807) is 18.2 Å². The molecule has 5 nitrogen and oxygen atoms in total. The lowest BCUT2D eigenvalue weighted by atomic mass is 9.93. The molecule has 2 aromatic carbocycles. The lowest BCUT2D eigenvalue weighted by Gasteiger charge is -2.23. The Hall–Kier alpha value is -2.37. The molecule has 0 unspecified atom stereocenters. The highest BCUT2D eigenvalue weighted by Gasteiger charge is 2.33. The largest absolute Gasteiger partial charge is 0.481 e. The maximum Gasteiger partial charge on any atom is 0.306 e. The summed E-state index contributed by atoms with van der Waals surface area (Å²) in [7, 11) is 0. The molecule has 0 spiro atoms. The lowest BCUT2D eigenvalue weighted by molar-refractivity contribution is -0.146. The van der Waals surface area contributed by atoms with Crippen molar-refractivity contribution in [3.63, 3.8) is 0 Å². The number of benzene rings is 2. The van der Waals surface area contributed by atoms with Crippen LogP contribution in [0.2, 0.25) is 5.02 Å². The Labute approximate surface area is 150 Å². The summed E-state index contributed by atoms with van der Waals surface area (Å²) in [5, 5.41) is 12.4. The SMILES string of the molecule is Cc1cccc([C@H]2O[C@H](CC(=O)O)C(=O)Nc3ccc(Cl)cc32)c1C. The van der Waals surface area contributed by atoms with Crippen molar-refractivity contribution in [2.45, 2.75) is 32.5 Å². The third-order valence-corrected chi connectivity index (χ3v) is 4.67. The summed E-state index contributed by atoms with van der Waals surface area (Å²) in [6.07, 6.45) is -2.08. The first-order valence-electron chi connectivity index (χ1n) is 7.90. The number of amides is 1. The minimum Gasteiger partial charge on any atom is -0.481 e. The molecule has 0 bridgehead atoms. The van der Waals surface area contributed by atoms with Gasteiger partial charge in [0.1, 0.15) is 12.2 Å². The van der Waals surface area contributed by atoms with Crippen LogP contribution in [-0.4, -0.2) is 23.1 Å². The van der Waals surface area contributed by atoms with Gasteiger partial charge < -0.3 is 15.2 Å². The number of fused-ring (bicyclic) bond motifs is 1. The van der Waals surface area contributed by atoms with Gasteiger partial charge >= 0.3 is 5.97 Å². The summed E-state index contributed by atoms with van der Waals surface area (Å²) in [6, 6.07) is 11.0. The molecular weight excluding hydrogens is 342 g/mol. The average molecular weight is 360 g/mol. The van der Waals surface area contributed by atoms with Crippen LogP contribution in [0, 0.1) is 13.8 Å². The number of ether oxygens (including phenoxy) is 1. The van der Waals surface area contributed by atoms with Crippen LogP contribution >= 0.6 is 11.6 Å². The van der Waals surface area contributed by atoms with Crippen molar-refractivity contribution >= 4 is 29.2 Å². The first-order chi connectivity index (χ1) is 11.9. The quantitative estimate of drug-likeness (QED) is 0.872. The zero-order chi connectivity index (χ0) is 18.1. The van der Waals surface area contributed by atoms with Gasteiger partial charge in [0, 0.05) is 16.3 Å². The summed E-state index contributed by atoms with van der Waals surface area (Å²) < 4.78 is 5.99. The molecule has 2 aromatic rings. The molecule has 2 N–H and O–H groups in total. The van der Waals surface area contributed by atoms with Crippen molar-refractivity contribution in [1.29, 1.82) is 0 Å². The molecule has 0 saturated heterocycles. The van der Waals surface area contributed by atoms with Crippen molar-refractivity contribution < 1.29 is 19.4 Å². The number of halogens is 1. The monoisotopic (exact) mass is 359 g/mol. The highest BCUT2D eigenvalue weighted by atomic mass is 35.5. The van der Waals surface area contributed by atoms with Gasteiger partial charge in [0.25, 0.3) is 5.91 Å². The molecule has 25 heavy (non-hydrogen) atoms. The van der Waals surface area contributed by atoms with Gasteiger partial charge in [-0.05, 0) is 48.7 Å². The van der Waals surface area contributed by atoms with Gasteiger partial charge in [-0.15, -0.1) is 0 Å². The predicted octanol–water partition coefficient (Wildman–Crippen LogP) is 3.86. The number of anilines is 1. The normalized spacial score (nSPS) is 19.7. The van der Waals surface area contributed by atoms with E-state index in [0.717, 1.165) is 16.7 Å². The van der Waals surface area contributed by atoms with Crippen LogP contribution in [0.1, 0.15) is 34.8 Å². The summed E-state index contributed by atoms with van der Waals surface area (Å²) in [6.45, 7) is 3.97. The summed E-state index contributed by atoms with van der Waals surface area (Å²) in [5.74, 6) is -1.57. The first kappa shape index (κ1) is 17.5. The van der Waals surface area contributed by atoms with E-state index in [-0.39, 0.29) is 0 Å². The lowest BCUT2D eigenvalue weighted by Crippen LogP contribution is -2.31. The minimum absolute atomic E-state index is 0.408. The Morgan fingerprint density at radius 1 is 1.24 bits per heavy atom. The molecule has 0 fully saturated rings. The highest BCUT2D eigenvalue weighted by molar-refractivity contribution is 6.30. The molecule has 6 heteroatoms. The van der Waals surface area contributed by atoms with Gasteiger partial charge in [-0.3, -0.25) is 9.59 Å². The van der Waals surface area contributed by atoms with Crippen LogP contribution in [0.15, 0.2) is 36.4 Å². The Morgan fingerprint density at radius 2 is 2.00 bits per heavy atom. The summed E-state index contributed by atoms with van der Waals surface area (Å²) in [5.41, 5.74) is 4.29. The van der Waals surface area contributed by atoms with Gasteiger partial charge in [0.2, 0.25) is 0 Å². The van der Waals surface area contributed by atoms with Crippen molar-refractivity contribution in [3.05, 3.63) is 63.7 Å². The first-order valence-corrected chi connectivity index (χ1v) is 8.28. The van der Waals surface area contributed by atoms with Crippen molar-refractivity contribution in [2.24, 2.45) is 0 Å². The topological polar surface area (TPSA) is 75.6 Å². The second kappa shape index (κ2) is 6.86. The van der Waals surface area contributed by atoms with Crippen molar-refractivity contribution in [3.8, 4) is 0 Å². The predicted molar refractivity (Wildman–Crippen MR) is 95.0 cm³/mol. The Morgan fingerprint density at radius 3 is 2.72 bits per heavy atom. The molecule has 130 valence electrons. The molecule has 0 aromatic heterocycles. The number of hydrogen-bond donors (Lipinski definition) is 2. The average Bonchev–Trinajstić information content (AvgIpc) is 2.67. The Balaban J connectivity index is 2.15. The molecule has 0 radical (unpaired) electrons. The van der Waals surface area contributed by atoms with E-state index < -0.39 is 30.5 Å². The molecule has 1 amide bonds. The van der Waals surface area contributed by atoms with Gasteiger partial charge in [-0.25, -0.2) is 0 Å². The Kier molecular flexibility index (Phi) is 4.79. The van der Waals surface area contributed by atoms with Crippen LogP contribution < -0.4 is 5.32 Å². The van der Waals surface area contributed by atoms with Crippen LogP contribution in [0.5, 0.6) is 0 Å². The van der Waals surface area contributed by atoms with E-state index in [9.17, 15) is 9.59 Å². The summed E-state index contributed by atoms with van der Waals surface area (Å²) in [4.78, 5) is 23.5. The second-order valence-corrected chi connectivity index (χ2v) is 6.55. The Bertz CT molecular complexity index is 849. The molecule has 2 atom stereocenters. The summed E-state index contributed by atoms with van der Waals surface area (Å²) >= 11 is 6.15. The second-order valence-electron chi connectivity index (χ2n) is 6.11. The van der Waals surface area contributed by atoms with Gasteiger partial charge in [0.05, 0.1) is 6.42 Å². The molecule has 1 heterocycles. The third kappa shape index (κ3) is 3.52. The molecule has 1 aliphatic heterocycles. The van der Waals surface area contributed by atoms with E-state index in [4.69, 9.17) is 21.4 Å². The maximum atomic E-state index is 12.4. The van der Waals surface area contributed by atoms with E-state index in [0.29, 0.717) is 16.3 Å². The van der Waals surface area contributed by atoms with Crippen molar-refractivity contribution in [1.82, 2.24) is 0 Å². The zero-order valence-electron chi connectivity index (χ0n) is 13.9. The van der Waals surface area contributed by atoms with Crippen molar-refractivity contribution in [2.75, 3.05) is 5.32 Å². The fraction of sp³-hybridized carbons (Fsp3) is 0.263. The van der Waals surface area contributed by atoms with E-state index >= 15 is 0 Å². The van der Waals surface area contributed by atoms with E-state index in [1.165, 1.54) is 0 Å². The zero-order valence-corrected chi connectivity index (χ0v) is 14.6. The number of carbonyl (C=O) groups is 2. The van der Waals surface area contributed by atoms with Crippen LogP contribution in [0.4, 0.5) is 5.69 Å². The fourth-order valence-corrected chi connectivity index (χ4v) is 3.16. The molecular formula is C19H18ClNO4. The van der Waals surface area contributed by atoms with E-state index in [1.807, 2.05) is 32.0 Å². The number of aliphatic carboxylic acids is 1. The van der Waals surface area contributed by atoms with Gasteiger partial charge in [-0.1, -0.05) is 29.8 Å². The number of rotatable bonds is 3. The number of carboxylic acid groups (broad SMARTS) is 1. The van der Waals surface area contributed by atoms with Gasteiger partial charge in [-0.2, -0.15) is 0 Å².